The number of hydrogen-bond acceptors (Lipinski definition) is 4. The predicted octanol–water partition coefficient (Wildman–Crippen LogP) is 3.04. The van der Waals surface area contributed by atoms with Crippen molar-refractivity contribution in [3.05, 3.63) is 41.7 Å². The quantitative estimate of drug-likeness (QED) is 0.717. The first-order chi connectivity index (χ1) is 11.9. The number of aryl methyl sites for hydroxylation is 1. The number of carboxylic acids is 1. The lowest BCUT2D eigenvalue weighted by atomic mass is 10.1. The summed E-state index contributed by atoms with van der Waals surface area (Å²) in [6.07, 6.45) is 0.531. The lowest BCUT2D eigenvalue weighted by Crippen LogP contribution is -2.15. The second-order valence-corrected chi connectivity index (χ2v) is 6.06. The van der Waals surface area contributed by atoms with Crippen LogP contribution in [0.4, 0.5) is 5.69 Å². The monoisotopic (exact) mass is 345 g/mol. The van der Waals surface area contributed by atoms with Gasteiger partial charge in [-0.3, -0.25) is 14.3 Å². The molecular weight excluding hydrogens is 322 g/mol. The van der Waals surface area contributed by atoms with Crippen LogP contribution < -0.4 is 10.1 Å². The SMILES string of the molecule is CC(C)c1cc(C(=O)Nc2ccc(OCCCC(=O)O)cc2)n(C)n1. The lowest BCUT2D eigenvalue weighted by Gasteiger charge is -2.08. The molecule has 2 N–H and O–H groups in total. The van der Waals surface area contributed by atoms with Crippen molar-refractivity contribution in [2.45, 2.75) is 32.6 Å². The topological polar surface area (TPSA) is 93.5 Å². The van der Waals surface area contributed by atoms with Crippen LogP contribution in [0.1, 0.15) is 48.8 Å². The Labute approximate surface area is 146 Å². The number of carboxylic acid groups (broad SMARTS) is 1. The highest BCUT2D eigenvalue weighted by atomic mass is 16.5. The Morgan fingerprint density at radius 1 is 1.28 bits per heavy atom. The summed E-state index contributed by atoms with van der Waals surface area (Å²) in [4.78, 5) is 22.8. The van der Waals surface area contributed by atoms with Gasteiger partial charge in [-0.2, -0.15) is 5.10 Å². The number of aliphatic carboxylic acids is 1. The minimum Gasteiger partial charge on any atom is -0.494 e. The first kappa shape index (κ1) is 18.5. The number of aromatic nitrogens is 2. The third-order valence-electron chi connectivity index (χ3n) is 3.64. The number of benzene rings is 1. The molecule has 0 saturated heterocycles. The number of rotatable bonds is 8. The van der Waals surface area contributed by atoms with Crippen LogP contribution in [0.2, 0.25) is 0 Å². The molecule has 0 saturated carbocycles. The van der Waals surface area contributed by atoms with Crippen LogP contribution >= 0.6 is 0 Å². The van der Waals surface area contributed by atoms with Crippen LogP contribution in [-0.4, -0.2) is 33.4 Å². The first-order valence-corrected chi connectivity index (χ1v) is 8.16. The van der Waals surface area contributed by atoms with Gasteiger partial charge in [0.05, 0.1) is 12.3 Å². The van der Waals surface area contributed by atoms with Crippen molar-refractivity contribution in [3.8, 4) is 5.75 Å². The first-order valence-electron chi connectivity index (χ1n) is 8.16. The highest BCUT2D eigenvalue weighted by molar-refractivity contribution is 6.03. The summed E-state index contributed by atoms with van der Waals surface area (Å²) in [6, 6.07) is 8.74. The number of anilines is 1. The maximum Gasteiger partial charge on any atom is 0.303 e. The Morgan fingerprint density at radius 2 is 1.96 bits per heavy atom. The van der Waals surface area contributed by atoms with Crippen molar-refractivity contribution in [2.24, 2.45) is 7.05 Å². The molecule has 2 rings (SSSR count). The van der Waals surface area contributed by atoms with Crippen LogP contribution in [0.15, 0.2) is 30.3 Å². The van der Waals surface area contributed by atoms with Gasteiger partial charge in [0.15, 0.2) is 0 Å². The largest absolute Gasteiger partial charge is 0.494 e. The normalized spacial score (nSPS) is 10.7. The molecule has 7 heteroatoms. The van der Waals surface area contributed by atoms with Gasteiger partial charge in [0.2, 0.25) is 0 Å². The number of carbonyl (C=O) groups is 2. The van der Waals surface area contributed by atoms with Crippen LogP contribution in [0.3, 0.4) is 0 Å². The molecule has 0 aliphatic rings. The van der Waals surface area contributed by atoms with E-state index in [0.717, 1.165) is 5.69 Å². The van der Waals surface area contributed by atoms with Crippen molar-refractivity contribution in [1.29, 1.82) is 0 Å². The number of amides is 1. The van der Waals surface area contributed by atoms with Gasteiger partial charge in [-0.1, -0.05) is 13.8 Å². The Kier molecular flexibility index (Phi) is 6.16. The van der Waals surface area contributed by atoms with E-state index in [1.165, 1.54) is 0 Å². The predicted molar refractivity (Wildman–Crippen MR) is 94.1 cm³/mol. The van der Waals surface area contributed by atoms with Crippen molar-refractivity contribution < 1.29 is 19.4 Å². The molecule has 0 radical (unpaired) electrons. The fourth-order valence-corrected chi connectivity index (χ4v) is 2.23. The van der Waals surface area contributed by atoms with Crippen molar-refractivity contribution in [3.63, 3.8) is 0 Å². The number of carbonyl (C=O) groups excluding carboxylic acids is 1. The number of ether oxygens (including phenoxy) is 1. The highest BCUT2D eigenvalue weighted by Gasteiger charge is 2.15. The summed E-state index contributed by atoms with van der Waals surface area (Å²) in [5.74, 6) is -0.175. The average Bonchev–Trinajstić information content (AvgIpc) is 2.95. The number of nitrogens with one attached hydrogen (secondary N) is 1. The van der Waals surface area contributed by atoms with Gasteiger partial charge in [-0.05, 0) is 42.7 Å². The molecule has 0 aliphatic carbocycles. The van der Waals surface area contributed by atoms with E-state index >= 15 is 0 Å². The van der Waals surface area contributed by atoms with E-state index in [-0.39, 0.29) is 18.2 Å². The Bertz CT molecular complexity index is 735. The Hall–Kier alpha value is -2.83. The minimum absolute atomic E-state index is 0.0806. The summed E-state index contributed by atoms with van der Waals surface area (Å²) in [5, 5.41) is 15.7. The van der Waals surface area contributed by atoms with Gasteiger partial charge in [-0.15, -0.1) is 0 Å². The zero-order chi connectivity index (χ0) is 18.4. The molecule has 134 valence electrons. The molecule has 25 heavy (non-hydrogen) atoms. The maximum atomic E-state index is 12.4. The molecule has 1 aromatic heterocycles. The van der Waals surface area contributed by atoms with Gasteiger partial charge in [0, 0.05) is 19.2 Å². The fourth-order valence-electron chi connectivity index (χ4n) is 2.23. The Balaban J connectivity index is 1.92. The van der Waals surface area contributed by atoms with Crippen LogP contribution in [0, 0.1) is 0 Å². The molecule has 1 amide bonds. The second kappa shape index (κ2) is 8.32. The van der Waals surface area contributed by atoms with E-state index in [9.17, 15) is 9.59 Å². The number of nitrogens with zero attached hydrogens (tertiary/aromatic N) is 2. The third kappa shape index (κ3) is 5.34. The van der Waals surface area contributed by atoms with E-state index in [2.05, 4.69) is 10.4 Å². The van der Waals surface area contributed by atoms with Gasteiger partial charge in [0.1, 0.15) is 11.4 Å². The molecule has 0 spiro atoms. The summed E-state index contributed by atoms with van der Waals surface area (Å²) in [6.45, 7) is 4.39. The molecule has 1 heterocycles. The maximum absolute atomic E-state index is 12.4. The second-order valence-electron chi connectivity index (χ2n) is 6.06. The van der Waals surface area contributed by atoms with Crippen molar-refractivity contribution in [2.75, 3.05) is 11.9 Å². The molecule has 0 fully saturated rings. The van der Waals surface area contributed by atoms with Gasteiger partial charge in [-0.25, -0.2) is 0 Å². The minimum atomic E-state index is -0.836. The summed E-state index contributed by atoms with van der Waals surface area (Å²) >= 11 is 0. The van der Waals surface area contributed by atoms with E-state index in [0.29, 0.717) is 30.2 Å². The average molecular weight is 345 g/mol. The van der Waals surface area contributed by atoms with Crippen LogP contribution in [0.5, 0.6) is 5.75 Å². The van der Waals surface area contributed by atoms with Gasteiger partial charge < -0.3 is 15.2 Å². The van der Waals surface area contributed by atoms with E-state index in [1.807, 2.05) is 13.8 Å². The van der Waals surface area contributed by atoms with Crippen molar-refractivity contribution >= 4 is 17.6 Å². The standard InChI is InChI=1S/C18H23N3O4/c1-12(2)15-11-16(21(3)20-15)18(24)19-13-6-8-14(9-7-13)25-10-4-5-17(22)23/h6-9,11-12H,4-5,10H2,1-3H3,(H,19,24)(H,22,23). The van der Waals surface area contributed by atoms with E-state index < -0.39 is 5.97 Å². The summed E-state index contributed by atoms with van der Waals surface area (Å²) in [7, 11) is 1.74. The van der Waals surface area contributed by atoms with E-state index in [1.54, 1.807) is 42.1 Å². The number of hydrogen-bond donors (Lipinski definition) is 2. The van der Waals surface area contributed by atoms with Crippen LogP contribution in [-0.2, 0) is 11.8 Å². The molecule has 7 nitrogen and oxygen atoms in total. The molecule has 0 atom stereocenters. The zero-order valence-corrected chi connectivity index (χ0v) is 14.7. The van der Waals surface area contributed by atoms with E-state index in [4.69, 9.17) is 9.84 Å². The molecule has 1 aromatic carbocycles. The molecule has 2 aromatic rings. The lowest BCUT2D eigenvalue weighted by molar-refractivity contribution is -0.137. The van der Waals surface area contributed by atoms with Gasteiger partial charge in [0.25, 0.3) is 5.91 Å². The zero-order valence-electron chi connectivity index (χ0n) is 14.7. The molecule has 0 aliphatic heterocycles. The molecule has 0 bridgehead atoms. The summed E-state index contributed by atoms with van der Waals surface area (Å²) < 4.78 is 7.03. The van der Waals surface area contributed by atoms with Crippen molar-refractivity contribution in [1.82, 2.24) is 9.78 Å². The fraction of sp³-hybridized carbons (Fsp3) is 0.389. The molecule has 0 unspecified atom stereocenters. The van der Waals surface area contributed by atoms with Gasteiger partial charge >= 0.3 is 5.97 Å². The molecular formula is C18H23N3O4. The van der Waals surface area contributed by atoms with Crippen LogP contribution in [0.25, 0.3) is 0 Å². The Morgan fingerprint density at radius 3 is 2.52 bits per heavy atom. The third-order valence-corrected chi connectivity index (χ3v) is 3.64. The smallest absolute Gasteiger partial charge is 0.303 e. The highest BCUT2D eigenvalue weighted by Crippen LogP contribution is 2.18. The summed E-state index contributed by atoms with van der Waals surface area (Å²) in [5.41, 5.74) is 2.02.